The standard InChI is InChI=1S/C19H19ClN4OS/c1-13(2)14-3-9-17(10-4-14)24-12-21-23-19(24)26-11-18(25)22-16-7-5-15(20)6-8-16/h3-10,12-13H,11H2,1-2H3,(H,22,25). The minimum atomic E-state index is -0.109. The van der Waals surface area contributed by atoms with Crippen molar-refractivity contribution in [3.63, 3.8) is 0 Å². The number of nitrogens with zero attached hydrogens (tertiary/aromatic N) is 3. The van der Waals surface area contributed by atoms with Gasteiger partial charge in [-0.15, -0.1) is 10.2 Å². The summed E-state index contributed by atoms with van der Waals surface area (Å²) < 4.78 is 1.88. The molecule has 0 saturated heterocycles. The van der Waals surface area contributed by atoms with Crippen LogP contribution in [0, 0.1) is 0 Å². The Balaban J connectivity index is 1.63. The molecule has 1 amide bonds. The van der Waals surface area contributed by atoms with Gasteiger partial charge in [0.15, 0.2) is 5.16 Å². The van der Waals surface area contributed by atoms with Crippen LogP contribution >= 0.6 is 23.4 Å². The van der Waals surface area contributed by atoms with Gasteiger partial charge in [0.05, 0.1) is 5.75 Å². The minimum absolute atomic E-state index is 0.109. The molecule has 0 radical (unpaired) electrons. The van der Waals surface area contributed by atoms with Gasteiger partial charge in [0.2, 0.25) is 5.91 Å². The number of hydrogen-bond acceptors (Lipinski definition) is 4. The topological polar surface area (TPSA) is 59.8 Å². The van der Waals surface area contributed by atoms with Gasteiger partial charge in [-0.25, -0.2) is 0 Å². The molecule has 134 valence electrons. The zero-order chi connectivity index (χ0) is 18.5. The average Bonchev–Trinajstić information content (AvgIpc) is 3.10. The van der Waals surface area contributed by atoms with E-state index in [-0.39, 0.29) is 11.7 Å². The van der Waals surface area contributed by atoms with Crippen molar-refractivity contribution in [1.82, 2.24) is 14.8 Å². The van der Waals surface area contributed by atoms with Gasteiger partial charge in [-0.1, -0.05) is 49.3 Å². The van der Waals surface area contributed by atoms with Gasteiger partial charge in [0.1, 0.15) is 6.33 Å². The molecule has 5 nitrogen and oxygen atoms in total. The molecule has 0 aliphatic carbocycles. The molecule has 3 aromatic rings. The third-order valence-electron chi connectivity index (χ3n) is 3.81. The molecule has 1 heterocycles. The van der Waals surface area contributed by atoms with Gasteiger partial charge in [-0.05, 0) is 47.9 Å². The number of anilines is 1. The predicted molar refractivity (Wildman–Crippen MR) is 106 cm³/mol. The molecule has 0 aliphatic rings. The molecule has 2 aromatic carbocycles. The maximum Gasteiger partial charge on any atom is 0.234 e. The van der Waals surface area contributed by atoms with Gasteiger partial charge in [-0.2, -0.15) is 0 Å². The highest BCUT2D eigenvalue weighted by Gasteiger charge is 2.11. The highest BCUT2D eigenvalue weighted by Crippen LogP contribution is 2.22. The number of amides is 1. The normalized spacial score (nSPS) is 10.9. The average molecular weight is 387 g/mol. The molecule has 0 spiro atoms. The van der Waals surface area contributed by atoms with E-state index >= 15 is 0 Å². The van der Waals surface area contributed by atoms with Gasteiger partial charge in [0, 0.05) is 16.4 Å². The van der Waals surface area contributed by atoms with Gasteiger partial charge < -0.3 is 5.32 Å². The first-order valence-corrected chi connectivity index (χ1v) is 9.58. The van der Waals surface area contributed by atoms with Crippen LogP contribution in [-0.4, -0.2) is 26.4 Å². The van der Waals surface area contributed by atoms with Crippen LogP contribution in [0.25, 0.3) is 5.69 Å². The van der Waals surface area contributed by atoms with Crippen LogP contribution < -0.4 is 5.32 Å². The molecular weight excluding hydrogens is 368 g/mol. The Morgan fingerprint density at radius 1 is 1.15 bits per heavy atom. The van der Waals surface area contributed by atoms with E-state index in [0.717, 1.165) is 5.69 Å². The van der Waals surface area contributed by atoms with Crippen molar-refractivity contribution < 1.29 is 4.79 Å². The lowest BCUT2D eigenvalue weighted by atomic mass is 10.0. The molecule has 0 atom stereocenters. The molecule has 7 heteroatoms. The lowest BCUT2D eigenvalue weighted by molar-refractivity contribution is -0.113. The quantitative estimate of drug-likeness (QED) is 0.619. The fourth-order valence-electron chi connectivity index (χ4n) is 2.38. The highest BCUT2D eigenvalue weighted by atomic mass is 35.5. The van der Waals surface area contributed by atoms with E-state index in [4.69, 9.17) is 11.6 Å². The molecule has 0 unspecified atom stereocenters. The van der Waals surface area contributed by atoms with Crippen molar-refractivity contribution in [1.29, 1.82) is 0 Å². The fourth-order valence-corrected chi connectivity index (χ4v) is 3.24. The zero-order valence-corrected chi connectivity index (χ0v) is 16.1. The van der Waals surface area contributed by atoms with Crippen molar-refractivity contribution in [2.24, 2.45) is 0 Å². The molecule has 26 heavy (non-hydrogen) atoms. The van der Waals surface area contributed by atoms with E-state index in [9.17, 15) is 4.79 Å². The summed E-state index contributed by atoms with van der Waals surface area (Å²) in [6.45, 7) is 4.32. The number of benzene rings is 2. The lowest BCUT2D eigenvalue weighted by Crippen LogP contribution is -2.14. The first-order chi connectivity index (χ1) is 12.5. The van der Waals surface area contributed by atoms with E-state index in [1.54, 1.807) is 30.6 Å². The first kappa shape index (κ1) is 18.5. The summed E-state index contributed by atoms with van der Waals surface area (Å²) in [6.07, 6.45) is 1.66. The van der Waals surface area contributed by atoms with Crippen molar-refractivity contribution in [2.45, 2.75) is 24.9 Å². The molecule has 1 N–H and O–H groups in total. The van der Waals surface area contributed by atoms with Crippen molar-refractivity contribution in [3.05, 3.63) is 65.4 Å². The van der Waals surface area contributed by atoms with Crippen molar-refractivity contribution in [2.75, 3.05) is 11.1 Å². The van der Waals surface area contributed by atoms with E-state index in [1.165, 1.54) is 17.3 Å². The fraction of sp³-hybridized carbons (Fsp3) is 0.211. The van der Waals surface area contributed by atoms with Crippen LogP contribution in [0.2, 0.25) is 5.02 Å². The third-order valence-corrected chi connectivity index (χ3v) is 5.01. The van der Waals surface area contributed by atoms with Crippen LogP contribution in [0.4, 0.5) is 5.69 Å². The second kappa shape index (κ2) is 8.38. The summed E-state index contributed by atoms with van der Waals surface area (Å²) in [6, 6.07) is 15.3. The number of aromatic nitrogens is 3. The second-order valence-corrected chi connectivity index (χ2v) is 7.45. The Labute approximate surface area is 161 Å². The Bertz CT molecular complexity index is 875. The number of carbonyl (C=O) groups is 1. The van der Waals surface area contributed by atoms with Crippen LogP contribution in [0.1, 0.15) is 25.3 Å². The van der Waals surface area contributed by atoms with Crippen LogP contribution in [0.5, 0.6) is 0 Å². The highest BCUT2D eigenvalue weighted by molar-refractivity contribution is 7.99. The third kappa shape index (κ3) is 4.65. The van der Waals surface area contributed by atoms with Crippen molar-refractivity contribution in [3.8, 4) is 5.69 Å². The summed E-state index contributed by atoms with van der Waals surface area (Å²) in [5.74, 6) is 0.614. The summed E-state index contributed by atoms with van der Waals surface area (Å²) >= 11 is 7.19. The second-order valence-electron chi connectivity index (χ2n) is 6.07. The number of carbonyl (C=O) groups excluding carboxylic acids is 1. The molecule has 3 rings (SSSR count). The number of halogens is 1. The first-order valence-electron chi connectivity index (χ1n) is 8.21. The monoisotopic (exact) mass is 386 g/mol. The minimum Gasteiger partial charge on any atom is -0.325 e. The number of hydrogen-bond donors (Lipinski definition) is 1. The Morgan fingerprint density at radius 2 is 1.85 bits per heavy atom. The molecular formula is C19H19ClN4OS. The van der Waals surface area contributed by atoms with Gasteiger partial charge in [0.25, 0.3) is 0 Å². The summed E-state index contributed by atoms with van der Waals surface area (Å²) in [5.41, 5.74) is 2.96. The lowest BCUT2D eigenvalue weighted by Gasteiger charge is -2.09. The van der Waals surface area contributed by atoms with Gasteiger partial charge >= 0.3 is 0 Å². The van der Waals surface area contributed by atoms with Crippen LogP contribution in [0.15, 0.2) is 60.0 Å². The van der Waals surface area contributed by atoms with E-state index in [1.807, 2.05) is 16.7 Å². The maximum absolute atomic E-state index is 12.1. The van der Waals surface area contributed by atoms with Crippen LogP contribution in [0.3, 0.4) is 0 Å². The largest absolute Gasteiger partial charge is 0.325 e. The summed E-state index contributed by atoms with van der Waals surface area (Å²) in [4.78, 5) is 12.1. The Kier molecular flexibility index (Phi) is 5.96. The molecule has 0 bridgehead atoms. The predicted octanol–water partition coefficient (Wildman–Crippen LogP) is 4.77. The number of nitrogens with one attached hydrogen (secondary N) is 1. The number of rotatable bonds is 6. The Hall–Kier alpha value is -2.31. The van der Waals surface area contributed by atoms with E-state index < -0.39 is 0 Å². The Morgan fingerprint density at radius 3 is 2.50 bits per heavy atom. The molecule has 0 saturated carbocycles. The maximum atomic E-state index is 12.1. The van der Waals surface area contributed by atoms with E-state index in [2.05, 4.69) is 41.5 Å². The molecule has 0 aliphatic heterocycles. The SMILES string of the molecule is CC(C)c1ccc(-n2cnnc2SCC(=O)Nc2ccc(Cl)cc2)cc1. The van der Waals surface area contributed by atoms with Crippen LogP contribution in [-0.2, 0) is 4.79 Å². The zero-order valence-electron chi connectivity index (χ0n) is 14.5. The summed E-state index contributed by atoms with van der Waals surface area (Å²) in [7, 11) is 0. The summed E-state index contributed by atoms with van der Waals surface area (Å²) in [5, 5.41) is 12.2. The molecule has 0 fully saturated rings. The van der Waals surface area contributed by atoms with E-state index in [0.29, 0.717) is 21.8 Å². The smallest absolute Gasteiger partial charge is 0.234 e. The number of thioether (sulfide) groups is 1. The van der Waals surface area contributed by atoms with Gasteiger partial charge in [-0.3, -0.25) is 9.36 Å². The van der Waals surface area contributed by atoms with Crippen molar-refractivity contribution >= 4 is 35.0 Å². The molecule has 1 aromatic heterocycles.